The van der Waals surface area contributed by atoms with Crippen molar-refractivity contribution in [3.05, 3.63) is 76.2 Å². The summed E-state index contributed by atoms with van der Waals surface area (Å²) in [6, 6.07) is 6.65. The highest BCUT2D eigenvalue weighted by molar-refractivity contribution is 6.40. The van der Waals surface area contributed by atoms with Gasteiger partial charge in [-0.1, -0.05) is 18.7 Å². The molecule has 2 aliphatic rings. The minimum absolute atomic E-state index is 0.0272. The number of ether oxygens (including phenoxy) is 3. The van der Waals surface area contributed by atoms with Gasteiger partial charge < -0.3 is 33.9 Å². The van der Waals surface area contributed by atoms with Crippen molar-refractivity contribution in [3.8, 4) is 5.75 Å². The van der Waals surface area contributed by atoms with Gasteiger partial charge in [-0.15, -0.1) is 0 Å². The monoisotopic (exact) mass is 622 g/mol. The number of benzene rings is 1. The van der Waals surface area contributed by atoms with E-state index >= 15 is 0 Å². The van der Waals surface area contributed by atoms with E-state index in [4.69, 9.17) is 14.2 Å². The fraction of sp³-hybridized carbons (Fsp3) is 0.464. The maximum Gasteiger partial charge on any atom is 0.423 e. The molecule has 1 unspecified atom stereocenters. The maximum absolute atomic E-state index is 13.8. The van der Waals surface area contributed by atoms with Gasteiger partial charge in [-0.05, 0) is 23.8 Å². The molecular weight excluding hydrogens is 585 g/mol. The van der Waals surface area contributed by atoms with Gasteiger partial charge in [-0.2, -0.15) is 18.3 Å². The average Bonchev–Trinajstić information content (AvgIpc) is 2.98. The third-order valence-corrected chi connectivity index (χ3v) is 8.33. The van der Waals surface area contributed by atoms with Crippen LogP contribution in [0.15, 0.2) is 59.5 Å². The van der Waals surface area contributed by atoms with Crippen molar-refractivity contribution < 1.29 is 32.2 Å². The van der Waals surface area contributed by atoms with Crippen LogP contribution in [0.5, 0.6) is 5.75 Å². The van der Waals surface area contributed by atoms with E-state index in [1.165, 1.54) is 7.11 Å². The Balaban J connectivity index is 1.25. The first-order chi connectivity index (χ1) is 20.5. The number of hydrogen-bond acceptors (Lipinski definition) is 9. The van der Waals surface area contributed by atoms with Crippen molar-refractivity contribution in [3.63, 3.8) is 0 Å². The number of amides is 1. The lowest BCUT2D eigenvalue weighted by Crippen LogP contribution is -2.59. The third-order valence-electron chi connectivity index (χ3n) is 7.21. The molecule has 4 rings (SSSR count). The van der Waals surface area contributed by atoms with Gasteiger partial charge in [-0.3, -0.25) is 9.59 Å². The fourth-order valence-corrected chi connectivity index (χ4v) is 6.10. The number of nitrogens with zero attached hydrogens (tertiary/aromatic N) is 5. The maximum atomic E-state index is 13.8. The molecule has 0 spiro atoms. The molecule has 1 fully saturated rings. The number of carbonyl (C=O) groups excluding carboxylic acids is 1. The topological polar surface area (TPSA) is 101 Å². The van der Waals surface area contributed by atoms with Crippen molar-refractivity contribution in [2.75, 3.05) is 65.3 Å². The van der Waals surface area contributed by atoms with E-state index in [0.717, 1.165) is 22.5 Å². The second-order valence-electron chi connectivity index (χ2n) is 10.3. The summed E-state index contributed by atoms with van der Waals surface area (Å²) < 4.78 is 58.8. The van der Waals surface area contributed by atoms with E-state index in [0.29, 0.717) is 37.6 Å². The Labute approximate surface area is 250 Å². The summed E-state index contributed by atoms with van der Waals surface area (Å²) in [6.07, 6.45) is -1.82. The van der Waals surface area contributed by atoms with Gasteiger partial charge in [0.2, 0.25) is 5.91 Å². The van der Waals surface area contributed by atoms with Gasteiger partial charge in [0.15, 0.2) is 5.76 Å². The van der Waals surface area contributed by atoms with Crippen LogP contribution in [0.4, 0.5) is 18.9 Å². The Morgan fingerprint density at radius 3 is 2.67 bits per heavy atom. The molecule has 0 radical (unpaired) electrons. The number of fused-ring (bicyclic) bond motifs is 1. The lowest BCUT2D eigenvalue weighted by molar-refractivity contribution is -0.138. The first kappa shape index (κ1) is 31.9. The van der Waals surface area contributed by atoms with Gasteiger partial charge in [0.05, 0.1) is 50.8 Å². The molecule has 0 bridgehead atoms. The number of allylic oxidation sites excluding steroid dienone is 1. The van der Waals surface area contributed by atoms with E-state index in [1.54, 1.807) is 35.2 Å². The molecule has 2 aliphatic heterocycles. The van der Waals surface area contributed by atoms with Crippen molar-refractivity contribution in [1.82, 2.24) is 24.5 Å². The van der Waals surface area contributed by atoms with Crippen LogP contribution in [0.3, 0.4) is 0 Å². The summed E-state index contributed by atoms with van der Waals surface area (Å²) in [6.45, 7) is 6.05. The summed E-state index contributed by atoms with van der Waals surface area (Å²) in [5.74, 6) is 2.20. The summed E-state index contributed by atoms with van der Waals surface area (Å²) in [5.41, 5.74) is -2.29. The zero-order valence-corrected chi connectivity index (χ0v) is 25.9. The summed E-state index contributed by atoms with van der Waals surface area (Å²) >= 11 is 0. The van der Waals surface area contributed by atoms with Gasteiger partial charge in [0.25, 0.3) is 5.56 Å². The lowest BCUT2D eigenvalue weighted by Gasteiger charge is -2.47. The number of alkyl halides is 3. The normalized spacial score (nSPS) is 17.1. The second-order valence-corrected chi connectivity index (χ2v) is 11.6. The van der Waals surface area contributed by atoms with E-state index in [2.05, 4.69) is 21.6 Å². The third kappa shape index (κ3) is 7.70. The molecule has 1 aromatic carbocycles. The Bertz CT molecular complexity index is 1380. The van der Waals surface area contributed by atoms with E-state index in [1.807, 2.05) is 19.0 Å². The van der Waals surface area contributed by atoms with Crippen LogP contribution in [-0.2, 0) is 27.0 Å². The van der Waals surface area contributed by atoms with Crippen molar-refractivity contribution >= 4 is 21.3 Å². The SMILES string of the molecule is C=CC1=C(N(C)C)N2CCN(C(=O)CCOC[SiH2]Nc3cnn(Cc4ccc(OC)cc4)c(=O)c3C(F)(F)F)CC2CO1. The average molecular weight is 623 g/mol. The predicted octanol–water partition coefficient (Wildman–Crippen LogP) is 1.64. The molecule has 1 atom stereocenters. The predicted molar refractivity (Wildman–Crippen MR) is 157 cm³/mol. The number of rotatable bonds is 12. The molecule has 1 saturated heterocycles. The van der Waals surface area contributed by atoms with E-state index < -0.39 is 27.0 Å². The highest BCUT2D eigenvalue weighted by atomic mass is 28.2. The molecule has 234 valence electrons. The Morgan fingerprint density at radius 1 is 1.28 bits per heavy atom. The molecule has 15 heteroatoms. The Hall–Kier alpha value is -3.98. The number of hydrogen-bond donors (Lipinski definition) is 1. The molecule has 3 heterocycles. The molecule has 43 heavy (non-hydrogen) atoms. The number of nitrogens with one attached hydrogen (secondary N) is 1. The van der Waals surface area contributed by atoms with Gasteiger partial charge in [-0.25, -0.2) is 4.68 Å². The highest BCUT2D eigenvalue weighted by Gasteiger charge is 2.38. The number of methoxy groups -OCH3 is 1. The van der Waals surface area contributed by atoms with E-state index in [9.17, 15) is 22.8 Å². The Morgan fingerprint density at radius 2 is 2.02 bits per heavy atom. The molecule has 1 aromatic heterocycles. The van der Waals surface area contributed by atoms with Crippen molar-refractivity contribution in [2.45, 2.75) is 25.2 Å². The first-order valence-corrected chi connectivity index (χ1v) is 15.6. The second kappa shape index (κ2) is 14.0. The largest absolute Gasteiger partial charge is 0.497 e. The lowest BCUT2D eigenvalue weighted by atomic mass is 10.1. The minimum atomic E-state index is -4.87. The Kier molecular flexibility index (Phi) is 10.4. The number of aromatic nitrogens is 2. The van der Waals surface area contributed by atoms with Crippen molar-refractivity contribution in [2.24, 2.45) is 0 Å². The standard InChI is InChI=1S/C28H37F3N6O5Si/c1-5-23-26(34(2)3)36-12-11-35(16-20(36)17-42-23)24(38)10-13-41-18-43-33-22-14-32-37(27(39)25(22)28(29,30)31)15-19-6-8-21(40-4)9-7-19/h5-9,14,20,33H,1,10-13,15-18,43H2,2-4H3. The molecule has 2 aromatic rings. The van der Waals surface area contributed by atoms with E-state index in [-0.39, 0.29) is 43.4 Å². The number of anilines is 1. The zero-order chi connectivity index (χ0) is 31.1. The van der Waals surface area contributed by atoms with Crippen LogP contribution < -0.4 is 15.3 Å². The highest BCUT2D eigenvalue weighted by Crippen LogP contribution is 2.31. The van der Waals surface area contributed by atoms with Crippen LogP contribution in [0, 0.1) is 0 Å². The van der Waals surface area contributed by atoms with Crippen LogP contribution in [-0.4, -0.2) is 106 Å². The number of halogens is 3. The summed E-state index contributed by atoms with van der Waals surface area (Å²) in [7, 11) is 3.98. The molecule has 11 nitrogen and oxygen atoms in total. The molecular formula is C28H37F3N6O5Si. The smallest absolute Gasteiger partial charge is 0.423 e. The molecule has 1 amide bonds. The molecule has 0 saturated carbocycles. The number of carbonyl (C=O) groups is 1. The van der Waals surface area contributed by atoms with Crippen LogP contribution in [0.25, 0.3) is 0 Å². The van der Waals surface area contributed by atoms with Gasteiger partial charge in [0.1, 0.15) is 33.4 Å². The quantitative estimate of drug-likeness (QED) is 0.280. The van der Waals surface area contributed by atoms with Gasteiger partial charge in [0, 0.05) is 33.7 Å². The number of piperazine rings is 1. The zero-order valence-electron chi connectivity index (χ0n) is 24.5. The molecule has 0 aliphatic carbocycles. The molecule has 1 N–H and O–H groups in total. The summed E-state index contributed by atoms with van der Waals surface area (Å²) in [5, 5.41) is 3.95. The van der Waals surface area contributed by atoms with Crippen LogP contribution in [0.2, 0.25) is 0 Å². The van der Waals surface area contributed by atoms with Gasteiger partial charge >= 0.3 is 6.18 Å². The van der Waals surface area contributed by atoms with Crippen molar-refractivity contribution in [1.29, 1.82) is 0 Å². The first-order valence-electron chi connectivity index (χ1n) is 13.9. The summed E-state index contributed by atoms with van der Waals surface area (Å²) in [4.78, 5) is 34.3. The fourth-order valence-electron chi connectivity index (χ4n) is 5.11. The van der Waals surface area contributed by atoms with Crippen LogP contribution >= 0.6 is 0 Å². The van der Waals surface area contributed by atoms with Crippen LogP contribution in [0.1, 0.15) is 17.5 Å². The minimum Gasteiger partial charge on any atom is -0.497 e.